The van der Waals surface area contributed by atoms with Gasteiger partial charge < -0.3 is 8.83 Å². The largest absolute Gasteiger partial charge is 0.456 e. The molecule has 3 aromatic heterocycles. The van der Waals surface area contributed by atoms with E-state index in [1.54, 1.807) is 0 Å². The first-order valence-corrected chi connectivity index (χ1v) is 17.4. The number of hydrogen-bond donors (Lipinski definition) is 0. The van der Waals surface area contributed by atoms with E-state index in [1.807, 2.05) is 29.5 Å². The molecule has 0 fully saturated rings. The molecular weight excluding hydrogens is 617 g/mol. The molecule has 0 atom stereocenters. The SMILES string of the molecule is c1ccc(-c2c(-c3c4ccccc4c(-c4cccc5sc6ccccc6c45)c4ccccc34)oc3ccc4oc5ccccc5c4c23)cc1. The van der Waals surface area contributed by atoms with Gasteiger partial charge in [0.15, 0.2) is 0 Å². The van der Waals surface area contributed by atoms with Crippen LogP contribution in [0.15, 0.2) is 167 Å². The van der Waals surface area contributed by atoms with Crippen LogP contribution in [0.5, 0.6) is 0 Å². The molecule has 0 saturated heterocycles. The van der Waals surface area contributed by atoms with Gasteiger partial charge in [0, 0.05) is 47.5 Å². The molecular formula is C46H26O2S. The molecule has 49 heavy (non-hydrogen) atoms. The van der Waals surface area contributed by atoms with Crippen molar-refractivity contribution in [2.75, 3.05) is 0 Å². The molecule has 0 spiro atoms. The molecule has 8 aromatic carbocycles. The van der Waals surface area contributed by atoms with Gasteiger partial charge >= 0.3 is 0 Å². The lowest BCUT2D eigenvalue weighted by Gasteiger charge is -2.18. The summed E-state index contributed by atoms with van der Waals surface area (Å²) < 4.78 is 16.1. The molecule has 0 saturated carbocycles. The predicted octanol–water partition coefficient (Wildman–Crippen LogP) is 14.0. The van der Waals surface area contributed by atoms with Gasteiger partial charge in [-0.25, -0.2) is 0 Å². The molecule has 0 N–H and O–H groups in total. The summed E-state index contributed by atoms with van der Waals surface area (Å²) >= 11 is 1.86. The summed E-state index contributed by atoms with van der Waals surface area (Å²) in [7, 11) is 0. The molecule has 11 aromatic rings. The van der Waals surface area contributed by atoms with Crippen LogP contribution in [0.1, 0.15) is 0 Å². The van der Waals surface area contributed by atoms with Gasteiger partial charge in [0.2, 0.25) is 0 Å². The van der Waals surface area contributed by atoms with Crippen molar-refractivity contribution in [3.63, 3.8) is 0 Å². The first-order valence-electron chi connectivity index (χ1n) is 16.6. The van der Waals surface area contributed by atoms with Crippen molar-refractivity contribution in [3.05, 3.63) is 158 Å². The maximum Gasteiger partial charge on any atom is 0.144 e. The molecule has 0 unspecified atom stereocenters. The maximum atomic E-state index is 7.10. The fourth-order valence-electron chi connectivity index (χ4n) is 8.11. The Balaban J connectivity index is 1.33. The maximum absolute atomic E-state index is 7.10. The molecule has 0 radical (unpaired) electrons. The second-order valence-corrected chi connectivity index (χ2v) is 13.8. The molecule has 0 bridgehead atoms. The summed E-state index contributed by atoms with van der Waals surface area (Å²) in [5.74, 6) is 0.872. The first kappa shape index (κ1) is 26.9. The molecule has 11 rings (SSSR count). The van der Waals surface area contributed by atoms with Gasteiger partial charge in [0.05, 0.1) is 0 Å². The van der Waals surface area contributed by atoms with E-state index >= 15 is 0 Å². The summed E-state index contributed by atoms with van der Waals surface area (Å²) in [5.41, 5.74) is 8.40. The summed E-state index contributed by atoms with van der Waals surface area (Å²) in [6, 6.07) is 56.3. The molecule has 3 heterocycles. The van der Waals surface area contributed by atoms with Crippen LogP contribution >= 0.6 is 11.3 Å². The number of furan rings is 2. The van der Waals surface area contributed by atoms with Gasteiger partial charge in [-0.3, -0.25) is 0 Å². The Hall–Kier alpha value is -6.16. The van der Waals surface area contributed by atoms with Gasteiger partial charge in [-0.05, 0) is 68.6 Å². The lowest BCUT2D eigenvalue weighted by molar-refractivity contribution is 0.633. The Morgan fingerprint density at radius 2 is 0.898 bits per heavy atom. The van der Waals surface area contributed by atoms with Crippen molar-refractivity contribution < 1.29 is 8.83 Å². The van der Waals surface area contributed by atoms with Crippen LogP contribution in [-0.2, 0) is 0 Å². The third kappa shape index (κ3) is 3.76. The van der Waals surface area contributed by atoms with Gasteiger partial charge in [0.1, 0.15) is 22.5 Å². The molecule has 2 nitrogen and oxygen atoms in total. The molecule has 228 valence electrons. The third-order valence-electron chi connectivity index (χ3n) is 10.1. The Morgan fingerprint density at radius 3 is 1.63 bits per heavy atom. The number of fused-ring (bicyclic) bond motifs is 10. The fourth-order valence-corrected chi connectivity index (χ4v) is 9.24. The van der Waals surface area contributed by atoms with Crippen molar-refractivity contribution in [2.24, 2.45) is 0 Å². The lowest BCUT2D eigenvalue weighted by Crippen LogP contribution is -1.91. The summed E-state index contributed by atoms with van der Waals surface area (Å²) in [6.07, 6.45) is 0. The zero-order valence-electron chi connectivity index (χ0n) is 26.2. The van der Waals surface area contributed by atoms with Gasteiger partial charge in [0.25, 0.3) is 0 Å². The lowest BCUT2D eigenvalue weighted by atomic mass is 9.85. The van der Waals surface area contributed by atoms with Crippen LogP contribution < -0.4 is 0 Å². The Labute approximate surface area is 285 Å². The van der Waals surface area contributed by atoms with Crippen LogP contribution in [-0.4, -0.2) is 0 Å². The highest BCUT2D eigenvalue weighted by atomic mass is 32.1. The molecule has 0 aliphatic rings. The van der Waals surface area contributed by atoms with Crippen molar-refractivity contribution in [1.82, 2.24) is 0 Å². The second-order valence-electron chi connectivity index (χ2n) is 12.7. The number of para-hydroxylation sites is 1. The highest BCUT2D eigenvalue weighted by molar-refractivity contribution is 7.25. The zero-order chi connectivity index (χ0) is 32.1. The monoisotopic (exact) mass is 642 g/mol. The van der Waals surface area contributed by atoms with E-state index < -0.39 is 0 Å². The smallest absolute Gasteiger partial charge is 0.144 e. The molecule has 3 heteroatoms. The molecule has 0 aliphatic heterocycles. The van der Waals surface area contributed by atoms with E-state index in [-0.39, 0.29) is 0 Å². The van der Waals surface area contributed by atoms with E-state index in [0.29, 0.717) is 0 Å². The normalized spacial score (nSPS) is 12.1. The highest BCUT2D eigenvalue weighted by Gasteiger charge is 2.27. The average molecular weight is 643 g/mol. The van der Waals surface area contributed by atoms with E-state index in [0.717, 1.165) is 66.1 Å². The van der Waals surface area contributed by atoms with Crippen molar-refractivity contribution in [1.29, 1.82) is 0 Å². The van der Waals surface area contributed by atoms with Crippen LogP contribution in [0, 0.1) is 0 Å². The van der Waals surface area contributed by atoms with Crippen LogP contribution in [0.4, 0.5) is 0 Å². The highest BCUT2D eigenvalue weighted by Crippen LogP contribution is 2.52. The summed E-state index contributed by atoms with van der Waals surface area (Å²) in [6.45, 7) is 0. The molecule has 0 amide bonds. The minimum atomic E-state index is 0.847. The van der Waals surface area contributed by atoms with E-state index in [9.17, 15) is 0 Å². The van der Waals surface area contributed by atoms with E-state index in [2.05, 4.69) is 140 Å². The number of hydrogen-bond acceptors (Lipinski definition) is 3. The quantitative estimate of drug-likeness (QED) is 0.179. The Morgan fingerprint density at radius 1 is 0.327 bits per heavy atom. The standard InChI is InChI=1S/C46H26O2S/c1-2-13-27(14-3-1)40-45-37(26-25-36-44(45)32-19-8-10-22-35(32)47-36)48-46(40)43-30-17-6-4-15-28(30)41(29-16-5-7-18-31(29)43)34-21-12-24-39-42(34)33-20-9-11-23-38(33)49-39/h1-26H. The Bertz CT molecular complexity index is 3050. The molecule has 0 aliphatic carbocycles. The second kappa shape index (κ2) is 10.2. The van der Waals surface area contributed by atoms with Crippen LogP contribution in [0.25, 0.3) is 108 Å². The number of benzene rings is 8. The number of rotatable bonds is 3. The van der Waals surface area contributed by atoms with Crippen molar-refractivity contribution in [3.8, 4) is 33.6 Å². The minimum absolute atomic E-state index is 0.847. The van der Waals surface area contributed by atoms with Crippen LogP contribution in [0.2, 0.25) is 0 Å². The predicted molar refractivity (Wildman–Crippen MR) is 208 cm³/mol. The van der Waals surface area contributed by atoms with E-state index in [4.69, 9.17) is 8.83 Å². The van der Waals surface area contributed by atoms with Gasteiger partial charge in [-0.2, -0.15) is 0 Å². The fraction of sp³-hybridized carbons (Fsp3) is 0. The van der Waals surface area contributed by atoms with Crippen molar-refractivity contribution in [2.45, 2.75) is 0 Å². The summed E-state index contributed by atoms with van der Waals surface area (Å²) in [4.78, 5) is 0. The van der Waals surface area contributed by atoms with E-state index in [1.165, 1.54) is 42.1 Å². The number of thiophene rings is 1. The minimum Gasteiger partial charge on any atom is -0.456 e. The van der Waals surface area contributed by atoms with Gasteiger partial charge in [-0.1, -0.05) is 127 Å². The summed E-state index contributed by atoms with van der Waals surface area (Å²) in [5, 5.41) is 10.6. The van der Waals surface area contributed by atoms with Gasteiger partial charge in [-0.15, -0.1) is 11.3 Å². The van der Waals surface area contributed by atoms with Crippen molar-refractivity contribution >= 4 is 86.0 Å². The average Bonchev–Trinajstić information content (AvgIpc) is 3.85. The zero-order valence-corrected chi connectivity index (χ0v) is 27.1. The van der Waals surface area contributed by atoms with Crippen LogP contribution in [0.3, 0.4) is 0 Å². The topological polar surface area (TPSA) is 26.3 Å². The first-order chi connectivity index (χ1) is 24.3. The third-order valence-corrected chi connectivity index (χ3v) is 11.2. The Kier molecular flexibility index (Phi) is 5.57.